The Hall–Kier alpha value is -0.670. The largest absolute Gasteiger partial charge is 0.388 e. The number of rotatable bonds is 3. The van der Waals surface area contributed by atoms with Crippen molar-refractivity contribution in [1.82, 2.24) is 5.32 Å². The van der Waals surface area contributed by atoms with E-state index in [2.05, 4.69) is 46.1 Å². The second kappa shape index (κ2) is 5.52. The van der Waals surface area contributed by atoms with Gasteiger partial charge in [0.25, 0.3) is 0 Å². The third kappa shape index (κ3) is 1.88. The topological polar surface area (TPSA) is 49.3 Å². The summed E-state index contributed by atoms with van der Waals surface area (Å²) in [5.74, 6) is 1.54. The lowest BCUT2D eigenvalue weighted by molar-refractivity contribution is -0.135. The van der Waals surface area contributed by atoms with E-state index in [0.717, 1.165) is 30.3 Å². The Kier molecular flexibility index (Phi) is 3.80. The Morgan fingerprint density at radius 1 is 1.07 bits per heavy atom. The SMILES string of the molecule is CN[C@H]1CC[C@]23C[C@]24CC[C@]2(C)C(C(=O)CO)=CC[C@@]2(C)[C@@H]4CC[C@H]3C1(C)C. The lowest BCUT2D eigenvalue weighted by atomic mass is 9.42. The monoisotopic (exact) mass is 385 g/mol. The number of nitrogens with one attached hydrogen (secondary N) is 1. The highest BCUT2D eigenvalue weighted by molar-refractivity contribution is 5.98. The summed E-state index contributed by atoms with van der Waals surface area (Å²) in [4.78, 5) is 12.5. The van der Waals surface area contributed by atoms with Crippen molar-refractivity contribution in [3.63, 3.8) is 0 Å². The predicted octanol–water partition coefficient (Wildman–Crippen LogP) is 4.50. The number of Topliss-reactive ketones (excluding diaryl/α,β-unsaturated/α-hetero) is 1. The molecule has 2 spiro atoms. The Balaban J connectivity index is 1.51. The van der Waals surface area contributed by atoms with Crippen LogP contribution in [0.25, 0.3) is 0 Å². The quantitative estimate of drug-likeness (QED) is 0.752. The first-order valence-corrected chi connectivity index (χ1v) is 11.6. The number of ketones is 1. The first kappa shape index (κ1) is 19.3. The van der Waals surface area contributed by atoms with Gasteiger partial charge in [0.05, 0.1) is 0 Å². The van der Waals surface area contributed by atoms with E-state index in [1.54, 1.807) is 0 Å². The van der Waals surface area contributed by atoms with Crippen LogP contribution in [0, 0.1) is 38.9 Å². The van der Waals surface area contributed by atoms with Crippen molar-refractivity contribution in [2.45, 2.75) is 85.1 Å². The van der Waals surface area contributed by atoms with Gasteiger partial charge in [0.2, 0.25) is 0 Å². The maximum atomic E-state index is 12.5. The van der Waals surface area contributed by atoms with E-state index in [0.29, 0.717) is 22.3 Å². The average molecular weight is 386 g/mol. The Morgan fingerprint density at radius 3 is 2.43 bits per heavy atom. The fourth-order valence-electron chi connectivity index (χ4n) is 9.91. The van der Waals surface area contributed by atoms with E-state index in [1.165, 1.54) is 38.5 Å². The van der Waals surface area contributed by atoms with Gasteiger partial charge in [-0.1, -0.05) is 33.8 Å². The summed E-state index contributed by atoms with van der Waals surface area (Å²) in [5.41, 5.74) is 2.53. The Morgan fingerprint density at radius 2 is 1.75 bits per heavy atom. The molecule has 5 aliphatic rings. The molecular formula is C25H39NO2. The molecule has 0 saturated heterocycles. The summed E-state index contributed by atoms with van der Waals surface area (Å²) in [7, 11) is 2.15. The van der Waals surface area contributed by atoms with Gasteiger partial charge in [-0.2, -0.15) is 0 Å². The minimum absolute atomic E-state index is 0.0305. The number of hydrogen-bond acceptors (Lipinski definition) is 3. The molecule has 2 N–H and O–H groups in total. The molecule has 0 aromatic heterocycles. The molecule has 5 aliphatic carbocycles. The van der Waals surface area contributed by atoms with E-state index < -0.39 is 0 Å². The molecule has 0 aliphatic heterocycles. The van der Waals surface area contributed by atoms with Crippen LogP contribution in [0.5, 0.6) is 0 Å². The highest BCUT2D eigenvalue weighted by atomic mass is 16.3. The lowest BCUT2D eigenvalue weighted by Crippen LogP contribution is -2.59. The van der Waals surface area contributed by atoms with Crippen molar-refractivity contribution >= 4 is 5.78 Å². The number of aliphatic hydroxyl groups excluding tert-OH is 1. The van der Waals surface area contributed by atoms with Crippen molar-refractivity contribution in [2.24, 2.45) is 38.9 Å². The standard InChI is InChI=1S/C25H39NO2/c1-21(2)18-6-7-19-23(4)10-8-16(17(28)14-27)22(23,3)12-13-25(19)15-24(18,25)11-9-20(21)26-5/h8,18-20,26-27H,6-7,9-15H2,1-5H3/t18-,19-,20-,22+,23-,24+,25-/m0/s1. The normalized spacial score (nSPS) is 53.4. The van der Waals surface area contributed by atoms with Crippen molar-refractivity contribution in [1.29, 1.82) is 0 Å². The first-order chi connectivity index (χ1) is 13.1. The van der Waals surface area contributed by atoms with E-state index in [4.69, 9.17) is 0 Å². The fourth-order valence-corrected chi connectivity index (χ4v) is 9.91. The molecule has 0 heterocycles. The van der Waals surface area contributed by atoms with E-state index >= 15 is 0 Å². The van der Waals surface area contributed by atoms with Gasteiger partial charge in [0.1, 0.15) is 6.61 Å². The molecule has 3 nitrogen and oxygen atoms in total. The highest BCUT2D eigenvalue weighted by Crippen LogP contribution is 2.88. The zero-order valence-electron chi connectivity index (χ0n) is 18.5. The minimum atomic E-state index is -0.334. The van der Waals surface area contributed by atoms with Crippen molar-refractivity contribution < 1.29 is 9.90 Å². The molecule has 28 heavy (non-hydrogen) atoms. The predicted molar refractivity (Wildman–Crippen MR) is 112 cm³/mol. The third-order valence-electron chi connectivity index (χ3n) is 11.5. The molecule has 5 rings (SSSR count). The molecule has 0 bridgehead atoms. The van der Waals surface area contributed by atoms with Crippen LogP contribution in [-0.4, -0.2) is 30.6 Å². The van der Waals surface area contributed by atoms with Crippen LogP contribution in [0.2, 0.25) is 0 Å². The number of hydrogen-bond donors (Lipinski definition) is 2. The fraction of sp³-hybridized carbons (Fsp3) is 0.880. The van der Waals surface area contributed by atoms with Crippen LogP contribution < -0.4 is 5.32 Å². The molecule has 0 radical (unpaired) electrons. The van der Waals surface area contributed by atoms with Crippen molar-refractivity contribution in [3.8, 4) is 0 Å². The van der Waals surface area contributed by atoms with Gasteiger partial charge in [0, 0.05) is 17.0 Å². The Bertz CT molecular complexity index is 756. The zero-order chi connectivity index (χ0) is 20.2. The number of allylic oxidation sites excluding steroid dienone is 1. The van der Waals surface area contributed by atoms with Crippen LogP contribution in [0.1, 0.15) is 79.1 Å². The molecule has 0 unspecified atom stereocenters. The summed E-state index contributed by atoms with van der Waals surface area (Å²) >= 11 is 0. The summed E-state index contributed by atoms with van der Waals surface area (Å²) in [5, 5.41) is 13.2. The summed E-state index contributed by atoms with van der Waals surface area (Å²) in [6.45, 7) is 9.55. The Labute approximate surface area is 170 Å². The van der Waals surface area contributed by atoms with Gasteiger partial charge in [-0.15, -0.1) is 0 Å². The van der Waals surface area contributed by atoms with Crippen LogP contribution in [-0.2, 0) is 4.79 Å². The molecule has 3 heteroatoms. The second-order valence-corrected chi connectivity index (χ2v) is 12.0. The molecule has 4 fully saturated rings. The minimum Gasteiger partial charge on any atom is -0.388 e. The average Bonchev–Trinajstić information content (AvgIpc) is 3.24. The van der Waals surface area contributed by atoms with E-state index in [-0.39, 0.29) is 23.2 Å². The van der Waals surface area contributed by atoms with E-state index in [1.807, 2.05) is 0 Å². The van der Waals surface area contributed by atoms with Crippen molar-refractivity contribution in [2.75, 3.05) is 13.7 Å². The summed E-state index contributed by atoms with van der Waals surface area (Å²) in [6.07, 6.45) is 12.5. The van der Waals surface area contributed by atoms with Crippen LogP contribution in [0.4, 0.5) is 0 Å². The maximum Gasteiger partial charge on any atom is 0.184 e. The summed E-state index contributed by atoms with van der Waals surface area (Å²) < 4.78 is 0. The van der Waals surface area contributed by atoms with Gasteiger partial charge >= 0.3 is 0 Å². The van der Waals surface area contributed by atoms with Crippen LogP contribution >= 0.6 is 0 Å². The smallest absolute Gasteiger partial charge is 0.184 e. The van der Waals surface area contributed by atoms with E-state index in [9.17, 15) is 9.90 Å². The molecule has 0 amide bonds. The second-order valence-electron chi connectivity index (χ2n) is 12.0. The summed E-state index contributed by atoms with van der Waals surface area (Å²) in [6, 6.07) is 0.642. The number of fused-ring (bicyclic) bond motifs is 2. The van der Waals surface area contributed by atoms with Gasteiger partial charge in [-0.3, -0.25) is 4.79 Å². The van der Waals surface area contributed by atoms with Gasteiger partial charge in [-0.05, 0) is 91.9 Å². The maximum absolute atomic E-state index is 12.5. The first-order valence-electron chi connectivity index (χ1n) is 11.6. The highest BCUT2D eigenvalue weighted by Gasteiger charge is 2.81. The van der Waals surface area contributed by atoms with Gasteiger partial charge in [0.15, 0.2) is 5.78 Å². The third-order valence-corrected chi connectivity index (χ3v) is 11.5. The number of aliphatic hydroxyl groups is 1. The lowest BCUT2D eigenvalue weighted by Gasteiger charge is -2.63. The van der Waals surface area contributed by atoms with Gasteiger partial charge < -0.3 is 10.4 Å². The zero-order valence-corrected chi connectivity index (χ0v) is 18.5. The molecule has 0 aromatic carbocycles. The van der Waals surface area contributed by atoms with Crippen molar-refractivity contribution in [3.05, 3.63) is 11.6 Å². The van der Waals surface area contributed by atoms with Crippen LogP contribution in [0.3, 0.4) is 0 Å². The number of carbonyl (C=O) groups excluding carboxylic acids is 1. The van der Waals surface area contributed by atoms with Crippen LogP contribution in [0.15, 0.2) is 11.6 Å². The molecule has 7 atom stereocenters. The molecule has 4 saturated carbocycles. The molecule has 0 aromatic rings. The number of carbonyl (C=O) groups is 1. The molecular weight excluding hydrogens is 346 g/mol. The molecule has 156 valence electrons. The van der Waals surface area contributed by atoms with Gasteiger partial charge in [-0.25, -0.2) is 0 Å².